The number of nitrogens with one attached hydrogen (secondary N) is 1. The van der Waals surface area contributed by atoms with Gasteiger partial charge in [0.05, 0.1) is 7.11 Å². The fourth-order valence-corrected chi connectivity index (χ4v) is 2.58. The van der Waals surface area contributed by atoms with Gasteiger partial charge in [-0.3, -0.25) is 4.79 Å². The Labute approximate surface area is 106 Å². The summed E-state index contributed by atoms with van der Waals surface area (Å²) < 4.78 is 5.25. The average molecular weight is 244 g/mol. The van der Waals surface area contributed by atoms with Crippen molar-refractivity contribution >= 4 is 16.8 Å². The van der Waals surface area contributed by atoms with E-state index >= 15 is 0 Å². The maximum absolute atomic E-state index is 12.2. The second kappa shape index (κ2) is 4.05. The Bertz CT molecular complexity index is 616. The molecule has 0 saturated carbocycles. The monoisotopic (exact) mass is 244 g/mol. The van der Waals surface area contributed by atoms with Crippen molar-refractivity contribution in [2.75, 3.05) is 20.7 Å². The first kappa shape index (κ1) is 11.1. The van der Waals surface area contributed by atoms with Crippen LogP contribution in [0.1, 0.15) is 22.5 Å². The third-order valence-corrected chi connectivity index (χ3v) is 3.59. The van der Waals surface area contributed by atoms with Gasteiger partial charge >= 0.3 is 0 Å². The van der Waals surface area contributed by atoms with Crippen LogP contribution in [0.15, 0.2) is 18.2 Å². The van der Waals surface area contributed by atoms with E-state index < -0.39 is 0 Å². The third-order valence-electron chi connectivity index (χ3n) is 3.59. The molecule has 1 aromatic heterocycles. The smallest absolute Gasteiger partial charge is 0.270 e. The first-order valence-electron chi connectivity index (χ1n) is 6.15. The molecule has 1 N–H and O–H groups in total. The van der Waals surface area contributed by atoms with Crippen molar-refractivity contribution in [2.45, 2.75) is 12.8 Å². The highest BCUT2D eigenvalue weighted by molar-refractivity contribution is 6.01. The van der Waals surface area contributed by atoms with Gasteiger partial charge in [0.2, 0.25) is 0 Å². The zero-order chi connectivity index (χ0) is 12.7. The largest absolute Gasteiger partial charge is 0.497 e. The third kappa shape index (κ3) is 1.56. The van der Waals surface area contributed by atoms with E-state index in [0.717, 1.165) is 47.3 Å². The second-order valence-electron chi connectivity index (χ2n) is 4.72. The summed E-state index contributed by atoms with van der Waals surface area (Å²) in [7, 11) is 3.51. The van der Waals surface area contributed by atoms with Crippen molar-refractivity contribution in [3.8, 4) is 5.75 Å². The van der Waals surface area contributed by atoms with E-state index in [1.807, 2.05) is 25.2 Å². The zero-order valence-electron chi connectivity index (χ0n) is 10.6. The molecule has 0 unspecified atom stereocenters. The molecule has 1 aliphatic rings. The highest BCUT2D eigenvalue weighted by atomic mass is 16.5. The molecule has 18 heavy (non-hydrogen) atoms. The van der Waals surface area contributed by atoms with Crippen LogP contribution in [-0.2, 0) is 6.42 Å². The Morgan fingerprint density at radius 2 is 2.22 bits per heavy atom. The summed E-state index contributed by atoms with van der Waals surface area (Å²) in [6.45, 7) is 0.812. The van der Waals surface area contributed by atoms with E-state index in [0.29, 0.717) is 0 Å². The molecule has 1 amide bonds. The van der Waals surface area contributed by atoms with Gasteiger partial charge in [-0.05, 0) is 36.6 Å². The number of aromatic amines is 1. The minimum Gasteiger partial charge on any atom is -0.497 e. The predicted molar refractivity (Wildman–Crippen MR) is 70.1 cm³/mol. The van der Waals surface area contributed by atoms with Crippen LogP contribution in [-0.4, -0.2) is 36.5 Å². The number of nitrogens with zero attached hydrogens (tertiary/aromatic N) is 1. The SMILES string of the molecule is COc1ccc2[nH]c3c(c2c1)CCCN(C)C3=O. The quantitative estimate of drug-likeness (QED) is 0.835. The number of H-pyrrole nitrogens is 1. The van der Waals surface area contributed by atoms with Crippen molar-refractivity contribution in [3.63, 3.8) is 0 Å². The van der Waals surface area contributed by atoms with E-state index in [2.05, 4.69) is 4.98 Å². The first-order valence-corrected chi connectivity index (χ1v) is 6.15. The molecule has 94 valence electrons. The second-order valence-corrected chi connectivity index (χ2v) is 4.72. The molecule has 0 bridgehead atoms. The van der Waals surface area contributed by atoms with Gasteiger partial charge < -0.3 is 14.6 Å². The minimum absolute atomic E-state index is 0.0812. The molecule has 3 rings (SSSR count). The molecule has 4 nitrogen and oxygen atoms in total. The standard InChI is InChI=1S/C14H16N2O2/c1-16-7-3-4-10-11-8-9(18-2)5-6-12(11)15-13(10)14(16)17/h5-6,8,15H,3-4,7H2,1-2H3. The Morgan fingerprint density at radius 1 is 1.39 bits per heavy atom. The van der Waals surface area contributed by atoms with E-state index in [1.165, 1.54) is 0 Å². The molecule has 0 radical (unpaired) electrons. The van der Waals surface area contributed by atoms with E-state index in [4.69, 9.17) is 4.74 Å². The number of hydrogen-bond acceptors (Lipinski definition) is 2. The maximum Gasteiger partial charge on any atom is 0.270 e. The number of carbonyl (C=O) groups is 1. The van der Waals surface area contributed by atoms with Gasteiger partial charge in [0.1, 0.15) is 11.4 Å². The number of ether oxygens (including phenoxy) is 1. The van der Waals surface area contributed by atoms with Crippen LogP contribution < -0.4 is 4.74 Å². The molecule has 4 heteroatoms. The van der Waals surface area contributed by atoms with Crippen LogP contribution in [0.25, 0.3) is 10.9 Å². The molecule has 0 atom stereocenters. The van der Waals surface area contributed by atoms with Crippen molar-refractivity contribution in [1.82, 2.24) is 9.88 Å². The molecule has 1 aromatic carbocycles. The molecule has 0 fully saturated rings. The van der Waals surface area contributed by atoms with Crippen molar-refractivity contribution < 1.29 is 9.53 Å². The predicted octanol–water partition coefficient (Wildman–Crippen LogP) is 2.19. The number of rotatable bonds is 1. The number of amides is 1. The fraction of sp³-hybridized carbons (Fsp3) is 0.357. The van der Waals surface area contributed by atoms with Gasteiger partial charge in [-0.25, -0.2) is 0 Å². The maximum atomic E-state index is 12.2. The van der Waals surface area contributed by atoms with Crippen molar-refractivity contribution in [3.05, 3.63) is 29.5 Å². The lowest BCUT2D eigenvalue weighted by Gasteiger charge is -2.12. The summed E-state index contributed by atoms with van der Waals surface area (Å²) in [5, 5.41) is 1.10. The van der Waals surface area contributed by atoms with Gasteiger partial charge in [0, 0.05) is 24.5 Å². The number of benzene rings is 1. The van der Waals surface area contributed by atoms with Crippen LogP contribution in [0.3, 0.4) is 0 Å². The van der Waals surface area contributed by atoms with Crippen LogP contribution in [0.5, 0.6) is 5.75 Å². The lowest BCUT2D eigenvalue weighted by Crippen LogP contribution is -2.26. The fourth-order valence-electron chi connectivity index (χ4n) is 2.58. The van der Waals surface area contributed by atoms with E-state index in [1.54, 1.807) is 12.0 Å². The molecular weight excluding hydrogens is 228 g/mol. The summed E-state index contributed by atoms with van der Waals surface area (Å²) in [6.07, 6.45) is 1.93. The Kier molecular flexibility index (Phi) is 2.51. The van der Waals surface area contributed by atoms with Crippen LogP contribution >= 0.6 is 0 Å². The Balaban J connectivity index is 2.23. The van der Waals surface area contributed by atoms with Gasteiger partial charge in [0.25, 0.3) is 5.91 Å². The van der Waals surface area contributed by atoms with Crippen LogP contribution in [0.2, 0.25) is 0 Å². The Morgan fingerprint density at radius 3 is 3.00 bits per heavy atom. The molecule has 2 heterocycles. The average Bonchev–Trinajstić information content (AvgIpc) is 2.69. The van der Waals surface area contributed by atoms with Gasteiger partial charge in [-0.1, -0.05) is 0 Å². The lowest BCUT2D eigenvalue weighted by molar-refractivity contribution is 0.0795. The molecule has 2 aromatic rings. The molecule has 0 aliphatic carbocycles. The number of aryl methyl sites for hydroxylation is 1. The Hall–Kier alpha value is -1.97. The number of hydrogen-bond donors (Lipinski definition) is 1. The zero-order valence-corrected chi connectivity index (χ0v) is 10.6. The van der Waals surface area contributed by atoms with Gasteiger partial charge in [-0.2, -0.15) is 0 Å². The van der Waals surface area contributed by atoms with E-state index in [-0.39, 0.29) is 5.91 Å². The summed E-state index contributed by atoms with van der Waals surface area (Å²) >= 11 is 0. The number of aromatic nitrogens is 1. The van der Waals surface area contributed by atoms with Gasteiger partial charge in [-0.15, -0.1) is 0 Å². The summed E-state index contributed by atoms with van der Waals surface area (Å²) in [6, 6.07) is 5.88. The van der Waals surface area contributed by atoms with Gasteiger partial charge in [0.15, 0.2) is 0 Å². The van der Waals surface area contributed by atoms with Crippen LogP contribution in [0, 0.1) is 0 Å². The normalized spacial score (nSPS) is 15.7. The number of fused-ring (bicyclic) bond motifs is 3. The topological polar surface area (TPSA) is 45.3 Å². The molecular formula is C14H16N2O2. The molecule has 1 aliphatic heterocycles. The molecule has 0 saturated heterocycles. The first-order chi connectivity index (χ1) is 8.70. The summed E-state index contributed by atoms with van der Waals surface area (Å²) in [5.74, 6) is 0.909. The summed E-state index contributed by atoms with van der Waals surface area (Å²) in [4.78, 5) is 17.2. The van der Waals surface area contributed by atoms with E-state index in [9.17, 15) is 4.79 Å². The number of methoxy groups -OCH3 is 1. The van der Waals surface area contributed by atoms with Crippen molar-refractivity contribution in [2.24, 2.45) is 0 Å². The summed E-state index contributed by atoms with van der Waals surface area (Å²) in [5.41, 5.74) is 2.86. The highest BCUT2D eigenvalue weighted by Gasteiger charge is 2.23. The lowest BCUT2D eigenvalue weighted by atomic mass is 10.1. The number of carbonyl (C=O) groups excluding carboxylic acids is 1. The minimum atomic E-state index is 0.0812. The van der Waals surface area contributed by atoms with Crippen LogP contribution in [0.4, 0.5) is 0 Å². The molecule has 0 spiro atoms. The highest BCUT2D eigenvalue weighted by Crippen LogP contribution is 2.29. The van der Waals surface area contributed by atoms with Crippen molar-refractivity contribution in [1.29, 1.82) is 0 Å².